The molecule has 0 aromatic heterocycles. The maximum absolute atomic E-state index is 11.3. The Balaban J connectivity index is 4.20. The van der Waals surface area contributed by atoms with Crippen LogP contribution in [-0.2, 0) is 4.74 Å². The van der Waals surface area contributed by atoms with Gasteiger partial charge in [-0.1, -0.05) is 0 Å². The molecule has 5 heteroatoms. The lowest BCUT2D eigenvalue weighted by Gasteiger charge is -2.30. The van der Waals surface area contributed by atoms with Crippen LogP contribution in [0.2, 0.25) is 0 Å². The van der Waals surface area contributed by atoms with Gasteiger partial charge < -0.3 is 20.9 Å². The third-order valence-electron chi connectivity index (χ3n) is 2.08. The molecule has 90 valence electrons. The molecule has 0 aromatic carbocycles. The number of rotatable bonds is 3. The predicted molar refractivity (Wildman–Crippen MR) is 58.5 cm³/mol. The Labute approximate surface area is 91.0 Å². The fourth-order valence-corrected chi connectivity index (χ4v) is 0.817. The third kappa shape index (κ3) is 5.59. The normalized spacial score (nSPS) is 17.8. The average molecular weight is 218 g/mol. The van der Waals surface area contributed by atoms with Gasteiger partial charge in [-0.05, 0) is 34.6 Å². The molecule has 15 heavy (non-hydrogen) atoms. The molecule has 5 nitrogen and oxygen atoms in total. The number of hydrogen-bond donors (Lipinski definition) is 3. The maximum Gasteiger partial charge on any atom is 0.407 e. The van der Waals surface area contributed by atoms with E-state index < -0.39 is 23.3 Å². The lowest BCUT2D eigenvalue weighted by atomic mass is 9.99. The largest absolute Gasteiger partial charge is 0.444 e. The summed E-state index contributed by atoms with van der Waals surface area (Å²) in [5.41, 5.74) is 3.70. The molecule has 0 fully saturated rings. The Morgan fingerprint density at radius 2 is 1.93 bits per heavy atom. The van der Waals surface area contributed by atoms with Crippen molar-refractivity contribution in [3.63, 3.8) is 0 Å². The summed E-state index contributed by atoms with van der Waals surface area (Å²) in [6.07, 6.45) is -0.552. The monoisotopic (exact) mass is 218 g/mol. The molecule has 0 aliphatic carbocycles. The minimum absolute atomic E-state index is 0.0734. The predicted octanol–water partition coefficient (Wildman–Crippen LogP) is 0.609. The van der Waals surface area contributed by atoms with Crippen molar-refractivity contribution in [2.45, 2.75) is 51.9 Å². The van der Waals surface area contributed by atoms with E-state index in [9.17, 15) is 9.90 Å². The molecule has 0 radical (unpaired) electrons. The Kier molecular flexibility index (Phi) is 4.55. The highest BCUT2D eigenvalue weighted by molar-refractivity contribution is 5.68. The summed E-state index contributed by atoms with van der Waals surface area (Å²) in [5.74, 6) is 0. The first-order valence-corrected chi connectivity index (χ1v) is 5.00. The molecule has 0 aromatic rings. The van der Waals surface area contributed by atoms with E-state index in [1.807, 2.05) is 0 Å². The Hall–Kier alpha value is -0.810. The van der Waals surface area contributed by atoms with Gasteiger partial charge in [-0.2, -0.15) is 0 Å². The summed E-state index contributed by atoms with van der Waals surface area (Å²) in [4.78, 5) is 11.3. The van der Waals surface area contributed by atoms with E-state index in [-0.39, 0.29) is 6.54 Å². The van der Waals surface area contributed by atoms with Crippen LogP contribution in [-0.4, -0.2) is 35.0 Å². The van der Waals surface area contributed by atoms with Crippen LogP contribution in [0.25, 0.3) is 0 Å². The van der Waals surface area contributed by atoms with Crippen LogP contribution in [0.1, 0.15) is 34.6 Å². The molecule has 4 N–H and O–H groups in total. The van der Waals surface area contributed by atoms with Crippen LogP contribution >= 0.6 is 0 Å². The molecule has 0 saturated carbocycles. The number of carbonyl (C=O) groups excluding carboxylic acids is 1. The van der Waals surface area contributed by atoms with E-state index in [0.717, 1.165) is 0 Å². The molecule has 0 heterocycles. The minimum atomic E-state index is -1.13. The van der Waals surface area contributed by atoms with Gasteiger partial charge in [0.25, 0.3) is 0 Å². The summed E-state index contributed by atoms with van der Waals surface area (Å²) in [6, 6.07) is -0.461. The third-order valence-corrected chi connectivity index (χ3v) is 2.08. The Morgan fingerprint density at radius 3 is 2.27 bits per heavy atom. The SMILES string of the molecule is C[C@H](NC(=O)OC(C)(C)C)[C@](C)(O)CN. The molecule has 0 unspecified atom stereocenters. The zero-order valence-corrected chi connectivity index (χ0v) is 10.1. The number of hydrogen-bond acceptors (Lipinski definition) is 4. The quantitative estimate of drug-likeness (QED) is 0.648. The van der Waals surface area contributed by atoms with Gasteiger partial charge in [0.15, 0.2) is 0 Å². The van der Waals surface area contributed by atoms with Gasteiger partial charge in [-0.15, -0.1) is 0 Å². The van der Waals surface area contributed by atoms with Crippen LogP contribution in [0.4, 0.5) is 4.79 Å². The molecule has 0 aliphatic heterocycles. The fourth-order valence-electron chi connectivity index (χ4n) is 0.817. The number of nitrogens with one attached hydrogen (secondary N) is 1. The maximum atomic E-state index is 11.3. The van der Waals surface area contributed by atoms with E-state index in [4.69, 9.17) is 10.5 Å². The van der Waals surface area contributed by atoms with Gasteiger partial charge in [-0.25, -0.2) is 4.79 Å². The smallest absolute Gasteiger partial charge is 0.407 e. The lowest BCUT2D eigenvalue weighted by molar-refractivity contribution is 0.0160. The van der Waals surface area contributed by atoms with E-state index in [1.54, 1.807) is 34.6 Å². The van der Waals surface area contributed by atoms with E-state index >= 15 is 0 Å². The molecule has 2 atom stereocenters. The molecular weight excluding hydrogens is 196 g/mol. The van der Waals surface area contributed by atoms with E-state index in [2.05, 4.69) is 5.32 Å². The molecule has 0 rings (SSSR count). The molecule has 0 spiro atoms. The Bertz CT molecular complexity index is 221. The van der Waals surface area contributed by atoms with Crippen molar-refractivity contribution >= 4 is 6.09 Å². The molecule has 1 amide bonds. The zero-order valence-electron chi connectivity index (χ0n) is 10.1. The number of aliphatic hydroxyl groups is 1. The van der Waals surface area contributed by atoms with Crippen molar-refractivity contribution in [3.8, 4) is 0 Å². The van der Waals surface area contributed by atoms with Gasteiger partial charge in [0, 0.05) is 6.54 Å². The number of nitrogens with two attached hydrogens (primary N) is 1. The number of carbonyl (C=O) groups is 1. The highest BCUT2D eigenvalue weighted by Crippen LogP contribution is 2.10. The minimum Gasteiger partial charge on any atom is -0.444 e. The van der Waals surface area contributed by atoms with Crippen LogP contribution < -0.4 is 11.1 Å². The van der Waals surface area contributed by atoms with Crippen molar-refractivity contribution in [2.24, 2.45) is 5.73 Å². The number of alkyl carbamates (subject to hydrolysis) is 1. The van der Waals surface area contributed by atoms with E-state index in [1.165, 1.54) is 0 Å². The zero-order chi connectivity index (χ0) is 12.3. The second-order valence-electron chi connectivity index (χ2n) is 4.93. The highest BCUT2D eigenvalue weighted by Gasteiger charge is 2.29. The number of amides is 1. The van der Waals surface area contributed by atoms with Gasteiger partial charge in [0.1, 0.15) is 5.60 Å². The van der Waals surface area contributed by atoms with Gasteiger partial charge >= 0.3 is 6.09 Å². The van der Waals surface area contributed by atoms with Crippen LogP contribution in [0.5, 0.6) is 0 Å². The average Bonchev–Trinajstić information content (AvgIpc) is 2.00. The standard InChI is InChI=1S/C10H22N2O3/c1-7(10(5,14)6-11)12-8(13)15-9(2,3)4/h7,14H,6,11H2,1-5H3,(H,12,13)/t7-,10+/m0/s1. The van der Waals surface area contributed by atoms with Crippen LogP contribution in [0.3, 0.4) is 0 Å². The molecule has 0 saturated heterocycles. The first kappa shape index (κ1) is 14.2. The van der Waals surface area contributed by atoms with E-state index in [0.29, 0.717) is 0 Å². The molecule has 0 aliphatic rings. The topological polar surface area (TPSA) is 84.6 Å². The Morgan fingerprint density at radius 1 is 1.47 bits per heavy atom. The summed E-state index contributed by atoms with van der Waals surface area (Å²) < 4.78 is 5.05. The van der Waals surface area contributed by atoms with Gasteiger partial charge in [-0.3, -0.25) is 0 Å². The summed E-state index contributed by atoms with van der Waals surface area (Å²) >= 11 is 0. The van der Waals surface area contributed by atoms with Gasteiger partial charge in [0.05, 0.1) is 11.6 Å². The highest BCUT2D eigenvalue weighted by atomic mass is 16.6. The first-order chi connectivity index (χ1) is 6.58. The first-order valence-electron chi connectivity index (χ1n) is 5.00. The van der Waals surface area contributed by atoms with Crippen molar-refractivity contribution in [1.82, 2.24) is 5.32 Å². The second-order valence-corrected chi connectivity index (χ2v) is 4.93. The van der Waals surface area contributed by atoms with Crippen LogP contribution in [0, 0.1) is 0 Å². The number of ether oxygens (including phenoxy) is 1. The van der Waals surface area contributed by atoms with Crippen molar-refractivity contribution < 1.29 is 14.6 Å². The second kappa shape index (κ2) is 4.81. The molecule has 0 bridgehead atoms. The van der Waals surface area contributed by atoms with Crippen molar-refractivity contribution in [2.75, 3.05) is 6.54 Å². The lowest BCUT2D eigenvalue weighted by Crippen LogP contribution is -2.54. The summed E-state index contributed by atoms with van der Waals surface area (Å²) in [6.45, 7) is 8.64. The molecular formula is C10H22N2O3. The van der Waals surface area contributed by atoms with Gasteiger partial charge in [0.2, 0.25) is 0 Å². The van der Waals surface area contributed by atoms with Crippen LogP contribution in [0.15, 0.2) is 0 Å². The summed E-state index contributed by atoms with van der Waals surface area (Å²) in [7, 11) is 0. The van der Waals surface area contributed by atoms with Crippen molar-refractivity contribution in [3.05, 3.63) is 0 Å². The summed E-state index contributed by atoms with van der Waals surface area (Å²) in [5, 5.41) is 12.3. The van der Waals surface area contributed by atoms with Crippen molar-refractivity contribution in [1.29, 1.82) is 0 Å². The fraction of sp³-hybridized carbons (Fsp3) is 0.900.